The minimum Gasteiger partial charge on any atom is -0.496 e. The molecular weight excluding hydrogens is 286 g/mol. The highest BCUT2D eigenvalue weighted by molar-refractivity contribution is 9.10. The van der Waals surface area contributed by atoms with E-state index in [1.54, 1.807) is 21.3 Å². The highest BCUT2D eigenvalue weighted by atomic mass is 79.9. The largest absolute Gasteiger partial charge is 0.496 e. The summed E-state index contributed by atoms with van der Waals surface area (Å²) in [6.07, 6.45) is -0.282. The lowest BCUT2D eigenvalue weighted by molar-refractivity contribution is -0.109. The Kier molecular flexibility index (Phi) is 5.74. The summed E-state index contributed by atoms with van der Waals surface area (Å²) in [5.41, 5.74) is 0.976. The van der Waals surface area contributed by atoms with Gasteiger partial charge in [0.05, 0.1) is 17.6 Å². The normalized spacial score (nSPS) is 12.6. The van der Waals surface area contributed by atoms with Crippen molar-refractivity contribution >= 4 is 21.6 Å². The molecule has 1 atom stereocenters. The van der Waals surface area contributed by atoms with Gasteiger partial charge in [-0.05, 0) is 41.1 Å². The van der Waals surface area contributed by atoms with E-state index in [4.69, 9.17) is 14.2 Å². The molecule has 96 valence electrons. The van der Waals surface area contributed by atoms with Crippen LogP contribution in [0.1, 0.15) is 6.92 Å². The van der Waals surface area contributed by atoms with Gasteiger partial charge in [0.25, 0.3) is 0 Å². The van der Waals surface area contributed by atoms with Crippen molar-refractivity contribution < 1.29 is 14.2 Å². The maximum absolute atomic E-state index is 5.19. The van der Waals surface area contributed by atoms with Crippen LogP contribution in [0.3, 0.4) is 0 Å². The predicted molar refractivity (Wildman–Crippen MR) is 71.6 cm³/mol. The van der Waals surface area contributed by atoms with Crippen LogP contribution in [0.15, 0.2) is 22.7 Å². The molecule has 0 aliphatic heterocycles. The Morgan fingerprint density at radius 3 is 2.29 bits per heavy atom. The zero-order valence-electron chi connectivity index (χ0n) is 10.5. The van der Waals surface area contributed by atoms with Gasteiger partial charge in [-0.25, -0.2) is 0 Å². The van der Waals surface area contributed by atoms with Gasteiger partial charge in [-0.2, -0.15) is 0 Å². The number of halogens is 1. The Morgan fingerprint density at radius 1 is 1.18 bits per heavy atom. The lowest BCUT2D eigenvalue weighted by Gasteiger charge is -2.23. The monoisotopic (exact) mass is 303 g/mol. The maximum atomic E-state index is 5.19. The summed E-state index contributed by atoms with van der Waals surface area (Å²) in [5, 5.41) is 3.30. The molecular formula is C12H18BrNO3. The molecule has 4 nitrogen and oxygen atoms in total. The first-order valence-corrected chi connectivity index (χ1v) is 6.07. The summed E-state index contributed by atoms with van der Waals surface area (Å²) >= 11 is 3.44. The van der Waals surface area contributed by atoms with Crippen molar-refractivity contribution in [2.45, 2.75) is 19.3 Å². The summed E-state index contributed by atoms with van der Waals surface area (Å²) in [6.45, 7) is 2.00. The molecule has 0 fully saturated rings. The molecule has 0 spiro atoms. The fourth-order valence-electron chi connectivity index (χ4n) is 1.59. The molecule has 5 heteroatoms. The van der Waals surface area contributed by atoms with E-state index in [-0.39, 0.29) is 12.3 Å². The van der Waals surface area contributed by atoms with Crippen LogP contribution in [0.4, 0.5) is 5.69 Å². The molecule has 0 saturated carbocycles. The van der Waals surface area contributed by atoms with Gasteiger partial charge >= 0.3 is 0 Å². The van der Waals surface area contributed by atoms with E-state index in [1.165, 1.54) is 0 Å². The average Bonchev–Trinajstić information content (AvgIpc) is 2.31. The van der Waals surface area contributed by atoms with Crippen molar-refractivity contribution in [3.8, 4) is 5.75 Å². The summed E-state index contributed by atoms with van der Waals surface area (Å²) in [4.78, 5) is 0. The molecule has 1 aromatic rings. The minimum atomic E-state index is -0.282. The third-order valence-corrected chi connectivity index (χ3v) is 3.04. The number of ether oxygens (including phenoxy) is 3. The zero-order chi connectivity index (χ0) is 12.8. The van der Waals surface area contributed by atoms with Crippen LogP contribution in [0.5, 0.6) is 5.75 Å². The van der Waals surface area contributed by atoms with Crippen LogP contribution in [-0.4, -0.2) is 33.7 Å². The number of hydrogen-bond acceptors (Lipinski definition) is 4. The first kappa shape index (κ1) is 14.3. The topological polar surface area (TPSA) is 39.7 Å². The Morgan fingerprint density at radius 2 is 1.82 bits per heavy atom. The summed E-state index contributed by atoms with van der Waals surface area (Å²) in [6, 6.07) is 5.85. The maximum Gasteiger partial charge on any atom is 0.176 e. The van der Waals surface area contributed by atoms with Crippen LogP contribution in [0.2, 0.25) is 0 Å². The number of nitrogens with one attached hydrogen (secondary N) is 1. The first-order valence-electron chi connectivity index (χ1n) is 5.28. The smallest absolute Gasteiger partial charge is 0.176 e. The van der Waals surface area contributed by atoms with E-state index in [9.17, 15) is 0 Å². The molecule has 0 amide bonds. The molecule has 0 aromatic heterocycles. The van der Waals surface area contributed by atoms with E-state index in [0.717, 1.165) is 15.9 Å². The van der Waals surface area contributed by atoms with Gasteiger partial charge in [-0.1, -0.05) is 0 Å². The standard InChI is InChI=1S/C12H18BrNO3/c1-8(12(16-3)17-4)14-9-5-6-11(15-2)10(13)7-9/h5-8,12,14H,1-4H3. The van der Waals surface area contributed by atoms with Crippen LogP contribution in [0, 0.1) is 0 Å². The predicted octanol–water partition coefficient (Wildman–Crippen LogP) is 2.88. The number of benzene rings is 1. The van der Waals surface area contributed by atoms with Crippen LogP contribution < -0.4 is 10.1 Å². The molecule has 0 aliphatic rings. The minimum absolute atomic E-state index is 0.0466. The van der Waals surface area contributed by atoms with Crippen molar-refractivity contribution in [3.63, 3.8) is 0 Å². The fourth-order valence-corrected chi connectivity index (χ4v) is 2.13. The molecule has 1 N–H and O–H groups in total. The second-order valence-electron chi connectivity index (χ2n) is 3.62. The lowest BCUT2D eigenvalue weighted by atomic mass is 10.2. The van der Waals surface area contributed by atoms with Gasteiger partial charge in [-0.3, -0.25) is 0 Å². The fraction of sp³-hybridized carbons (Fsp3) is 0.500. The molecule has 17 heavy (non-hydrogen) atoms. The van der Waals surface area contributed by atoms with Crippen molar-refractivity contribution in [3.05, 3.63) is 22.7 Å². The quantitative estimate of drug-likeness (QED) is 0.820. The second-order valence-corrected chi connectivity index (χ2v) is 4.48. The molecule has 0 aliphatic carbocycles. The Labute approximate surface area is 110 Å². The molecule has 0 heterocycles. The zero-order valence-corrected chi connectivity index (χ0v) is 12.1. The van der Waals surface area contributed by atoms with E-state index in [0.29, 0.717) is 0 Å². The van der Waals surface area contributed by atoms with Crippen LogP contribution in [-0.2, 0) is 9.47 Å². The van der Waals surface area contributed by atoms with Gasteiger partial charge in [0.15, 0.2) is 6.29 Å². The van der Waals surface area contributed by atoms with Gasteiger partial charge in [-0.15, -0.1) is 0 Å². The third kappa shape index (κ3) is 3.87. The molecule has 0 saturated heterocycles. The van der Waals surface area contributed by atoms with E-state index >= 15 is 0 Å². The van der Waals surface area contributed by atoms with Crippen LogP contribution in [0.25, 0.3) is 0 Å². The highest BCUT2D eigenvalue weighted by Crippen LogP contribution is 2.28. The Hall–Kier alpha value is -0.780. The average molecular weight is 304 g/mol. The van der Waals surface area contributed by atoms with Crippen molar-refractivity contribution in [1.29, 1.82) is 0 Å². The number of methoxy groups -OCH3 is 3. The van der Waals surface area contributed by atoms with Crippen LogP contribution >= 0.6 is 15.9 Å². The van der Waals surface area contributed by atoms with Crippen molar-refractivity contribution in [1.82, 2.24) is 0 Å². The molecule has 0 bridgehead atoms. The van der Waals surface area contributed by atoms with Crippen molar-refractivity contribution in [2.24, 2.45) is 0 Å². The summed E-state index contributed by atoms with van der Waals surface area (Å²) in [5.74, 6) is 0.804. The van der Waals surface area contributed by atoms with E-state index in [1.807, 2.05) is 25.1 Å². The molecule has 1 aromatic carbocycles. The van der Waals surface area contributed by atoms with Gasteiger partial charge in [0.1, 0.15) is 5.75 Å². The van der Waals surface area contributed by atoms with Gasteiger partial charge in [0, 0.05) is 19.9 Å². The third-order valence-electron chi connectivity index (χ3n) is 2.42. The number of hydrogen-bond donors (Lipinski definition) is 1. The Balaban J connectivity index is 2.71. The SMILES string of the molecule is COc1ccc(NC(C)C(OC)OC)cc1Br. The lowest BCUT2D eigenvalue weighted by Crippen LogP contribution is -2.33. The van der Waals surface area contributed by atoms with Gasteiger partial charge in [0.2, 0.25) is 0 Å². The molecule has 0 radical (unpaired) electrons. The molecule has 1 rings (SSSR count). The highest BCUT2D eigenvalue weighted by Gasteiger charge is 2.15. The number of rotatable bonds is 6. The van der Waals surface area contributed by atoms with E-state index < -0.39 is 0 Å². The van der Waals surface area contributed by atoms with Gasteiger partial charge < -0.3 is 19.5 Å². The molecule has 1 unspecified atom stereocenters. The summed E-state index contributed by atoms with van der Waals surface area (Å²) in [7, 11) is 4.88. The number of anilines is 1. The van der Waals surface area contributed by atoms with E-state index in [2.05, 4.69) is 21.2 Å². The summed E-state index contributed by atoms with van der Waals surface area (Å²) < 4.78 is 16.5. The second kappa shape index (κ2) is 6.83. The van der Waals surface area contributed by atoms with Crippen molar-refractivity contribution in [2.75, 3.05) is 26.6 Å². The Bertz CT molecular complexity index is 356. The first-order chi connectivity index (χ1) is 8.12.